The van der Waals surface area contributed by atoms with E-state index in [0.29, 0.717) is 17.8 Å². The standard InChI is InChI=1S/C11H17N5O/c1-7(2)16-6-10(5-12-16)13-8(3)11-15-14-9(4)17-11/h5-8,13H,1-4H3/t8-/m0/s1. The molecule has 0 aliphatic heterocycles. The first-order valence-electron chi connectivity index (χ1n) is 5.67. The number of aryl methyl sites for hydroxylation is 1. The van der Waals surface area contributed by atoms with Crippen LogP contribution in [0.1, 0.15) is 44.6 Å². The summed E-state index contributed by atoms with van der Waals surface area (Å²) in [6.07, 6.45) is 3.75. The van der Waals surface area contributed by atoms with Crippen LogP contribution in [0.4, 0.5) is 5.69 Å². The average molecular weight is 235 g/mol. The highest BCUT2D eigenvalue weighted by molar-refractivity contribution is 5.39. The quantitative estimate of drug-likeness (QED) is 0.880. The fourth-order valence-corrected chi connectivity index (χ4v) is 1.49. The van der Waals surface area contributed by atoms with Gasteiger partial charge in [0.05, 0.1) is 11.9 Å². The molecule has 0 unspecified atom stereocenters. The molecule has 0 saturated heterocycles. The van der Waals surface area contributed by atoms with Gasteiger partial charge in [0.1, 0.15) is 6.04 Å². The monoisotopic (exact) mass is 235 g/mol. The van der Waals surface area contributed by atoms with Crippen molar-refractivity contribution in [3.8, 4) is 0 Å². The Morgan fingerprint density at radius 3 is 2.59 bits per heavy atom. The van der Waals surface area contributed by atoms with Crippen LogP contribution in [0.2, 0.25) is 0 Å². The molecule has 17 heavy (non-hydrogen) atoms. The first-order valence-corrected chi connectivity index (χ1v) is 5.67. The number of nitrogens with zero attached hydrogens (tertiary/aromatic N) is 4. The van der Waals surface area contributed by atoms with Crippen LogP contribution in [-0.2, 0) is 0 Å². The van der Waals surface area contributed by atoms with Gasteiger partial charge in [-0.05, 0) is 20.8 Å². The minimum absolute atomic E-state index is 0.0268. The number of hydrogen-bond acceptors (Lipinski definition) is 5. The third-order valence-electron chi connectivity index (χ3n) is 2.43. The Labute approximate surface area is 100 Å². The summed E-state index contributed by atoms with van der Waals surface area (Å²) in [5.41, 5.74) is 0.946. The lowest BCUT2D eigenvalue weighted by atomic mass is 10.3. The van der Waals surface area contributed by atoms with E-state index in [9.17, 15) is 0 Å². The molecule has 2 aromatic heterocycles. The van der Waals surface area contributed by atoms with Crippen molar-refractivity contribution in [3.63, 3.8) is 0 Å². The molecule has 92 valence electrons. The molecule has 6 nitrogen and oxygen atoms in total. The molecule has 0 bridgehead atoms. The number of nitrogens with one attached hydrogen (secondary N) is 1. The zero-order chi connectivity index (χ0) is 12.4. The Balaban J connectivity index is 2.05. The highest BCUT2D eigenvalue weighted by atomic mass is 16.4. The maximum Gasteiger partial charge on any atom is 0.238 e. The molecular formula is C11H17N5O. The van der Waals surface area contributed by atoms with Gasteiger partial charge in [-0.3, -0.25) is 4.68 Å². The van der Waals surface area contributed by atoms with Crippen LogP contribution >= 0.6 is 0 Å². The SMILES string of the molecule is Cc1nnc([C@H](C)Nc2cnn(C(C)C)c2)o1. The number of rotatable bonds is 4. The predicted molar refractivity (Wildman–Crippen MR) is 63.7 cm³/mol. The molecular weight excluding hydrogens is 218 g/mol. The zero-order valence-corrected chi connectivity index (χ0v) is 10.5. The van der Waals surface area contributed by atoms with Crippen molar-refractivity contribution in [1.29, 1.82) is 0 Å². The van der Waals surface area contributed by atoms with Crippen LogP contribution in [0.25, 0.3) is 0 Å². The molecule has 0 fully saturated rings. The minimum Gasteiger partial charge on any atom is -0.423 e. The summed E-state index contributed by atoms with van der Waals surface area (Å²) in [4.78, 5) is 0. The molecule has 2 rings (SSSR count). The molecule has 2 heterocycles. The van der Waals surface area contributed by atoms with Crippen molar-refractivity contribution in [2.75, 3.05) is 5.32 Å². The topological polar surface area (TPSA) is 68.8 Å². The van der Waals surface area contributed by atoms with Crippen LogP contribution < -0.4 is 5.32 Å². The highest BCUT2D eigenvalue weighted by Gasteiger charge is 2.13. The molecule has 0 saturated carbocycles. The molecule has 1 atom stereocenters. The van der Waals surface area contributed by atoms with Gasteiger partial charge in [-0.15, -0.1) is 10.2 Å². The lowest BCUT2D eigenvalue weighted by Crippen LogP contribution is -2.06. The van der Waals surface area contributed by atoms with Gasteiger partial charge >= 0.3 is 0 Å². The van der Waals surface area contributed by atoms with E-state index < -0.39 is 0 Å². The van der Waals surface area contributed by atoms with Gasteiger partial charge < -0.3 is 9.73 Å². The minimum atomic E-state index is -0.0268. The largest absolute Gasteiger partial charge is 0.423 e. The predicted octanol–water partition coefficient (Wildman–Crippen LogP) is 2.33. The molecule has 2 aromatic rings. The van der Waals surface area contributed by atoms with Crippen molar-refractivity contribution in [3.05, 3.63) is 24.2 Å². The number of hydrogen-bond donors (Lipinski definition) is 1. The summed E-state index contributed by atoms with van der Waals surface area (Å²) < 4.78 is 7.26. The van der Waals surface area contributed by atoms with E-state index in [0.717, 1.165) is 5.69 Å². The summed E-state index contributed by atoms with van der Waals surface area (Å²) in [5, 5.41) is 15.3. The molecule has 6 heteroatoms. The highest BCUT2D eigenvalue weighted by Crippen LogP contribution is 2.18. The molecule has 0 aromatic carbocycles. The Bertz CT molecular complexity index is 488. The Morgan fingerprint density at radius 1 is 1.29 bits per heavy atom. The lowest BCUT2D eigenvalue weighted by Gasteiger charge is -2.08. The first kappa shape index (κ1) is 11.6. The molecule has 0 spiro atoms. The Kier molecular flexibility index (Phi) is 3.12. The number of anilines is 1. The number of aromatic nitrogens is 4. The van der Waals surface area contributed by atoms with Crippen molar-refractivity contribution in [2.24, 2.45) is 0 Å². The van der Waals surface area contributed by atoms with E-state index >= 15 is 0 Å². The lowest BCUT2D eigenvalue weighted by molar-refractivity contribution is 0.451. The maximum absolute atomic E-state index is 5.36. The second-order valence-corrected chi connectivity index (χ2v) is 4.33. The van der Waals surface area contributed by atoms with Crippen LogP contribution in [0.3, 0.4) is 0 Å². The smallest absolute Gasteiger partial charge is 0.238 e. The van der Waals surface area contributed by atoms with Gasteiger partial charge in [0, 0.05) is 19.2 Å². The van der Waals surface area contributed by atoms with Crippen LogP contribution in [0, 0.1) is 6.92 Å². The second kappa shape index (κ2) is 4.57. The average Bonchev–Trinajstić information content (AvgIpc) is 2.86. The molecule has 0 radical (unpaired) electrons. The van der Waals surface area contributed by atoms with E-state index in [4.69, 9.17) is 4.42 Å². The molecule has 0 aliphatic carbocycles. The third kappa shape index (κ3) is 2.64. The fraction of sp³-hybridized carbons (Fsp3) is 0.545. The van der Waals surface area contributed by atoms with Crippen molar-refractivity contribution >= 4 is 5.69 Å². The Morgan fingerprint density at radius 2 is 2.06 bits per heavy atom. The van der Waals surface area contributed by atoms with Gasteiger partial charge in [-0.1, -0.05) is 0 Å². The summed E-state index contributed by atoms with van der Waals surface area (Å²) >= 11 is 0. The van der Waals surface area contributed by atoms with Crippen molar-refractivity contribution in [1.82, 2.24) is 20.0 Å². The molecule has 1 N–H and O–H groups in total. The van der Waals surface area contributed by atoms with Crippen LogP contribution in [0.15, 0.2) is 16.8 Å². The molecule has 0 aliphatic rings. The van der Waals surface area contributed by atoms with E-state index in [-0.39, 0.29) is 6.04 Å². The van der Waals surface area contributed by atoms with E-state index in [1.165, 1.54) is 0 Å². The summed E-state index contributed by atoms with van der Waals surface area (Å²) in [7, 11) is 0. The van der Waals surface area contributed by atoms with Gasteiger partial charge in [0.2, 0.25) is 11.8 Å². The van der Waals surface area contributed by atoms with Crippen LogP contribution in [-0.4, -0.2) is 20.0 Å². The molecule has 0 amide bonds. The summed E-state index contributed by atoms with van der Waals surface area (Å²) in [5.74, 6) is 1.16. The first-order chi connectivity index (χ1) is 8.06. The Hall–Kier alpha value is -1.85. The van der Waals surface area contributed by atoms with Gasteiger partial charge in [0.25, 0.3) is 0 Å². The van der Waals surface area contributed by atoms with Crippen LogP contribution in [0.5, 0.6) is 0 Å². The second-order valence-electron chi connectivity index (χ2n) is 4.33. The van der Waals surface area contributed by atoms with Gasteiger partial charge in [-0.2, -0.15) is 5.10 Å². The van der Waals surface area contributed by atoms with E-state index in [2.05, 4.69) is 34.5 Å². The fourth-order valence-electron chi connectivity index (χ4n) is 1.49. The summed E-state index contributed by atoms with van der Waals surface area (Å²) in [6.45, 7) is 7.92. The zero-order valence-electron chi connectivity index (χ0n) is 10.5. The maximum atomic E-state index is 5.36. The van der Waals surface area contributed by atoms with Crippen molar-refractivity contribution < 1.29 is 4.42 Å². The van der Waals surface area contributed by atoms with Gasteiger partial charge in [0.15, 0.2) is 0 Å². The van der Waals surface area contributed by atoms with E-state index in [1.807, 2.05) is 17.8 Å². The third-order valence-corrected chi connectivity index (χ3v) is 2.43. The normalized spacial score (nSPS) is 13.0. The van der Waals surface area contributed by atoms with Crippen molar-refractivity contribution in [2.45, 2.75) is 39.8 Å². The summed E-state index contributed by atoms with van der Waals surface area (Å²) in [6, 6.07) is 0.326. The van der Waals surface area contributed by atoms with E-state index in [1.54, 1.807) is 13.1 Å². The van der Waals surface area contributed by atoms with Gasteiger partial charge in [-0.25, -0.2) is 0 Å².